The second-order valence-electron chi connectivity index (χ2n) is 6.89. The van der Waals surface area contributed by atoms with Crippen LogP contribution < -0.4 is 0 Å². The van der Waals surface area contributed by atoms with Crippen LogP contribution in [0.25, 0.3) is 0 Å². The van der Waals surface area contributed by atoms with E-state index in [2.05, 4.69) is 0 Å². The standard InChI is InChI=1S/C20H26O5/c1-13-7-3-4-8-15-9-5-6-10-17(15)19(25-20(13)24)18(23)12-16(22)11-14(2)21/h5-6,9-10,13,16,19,22H,3-4,7-8,11-12H2,1-2H3/t13-,16-,19+/m0/s1. The molecule has 1 N–H and O–H groups in total. The van der Waals surface area contributed by atoms with Crippen LogP contribution in [0.15, 0.2) is 24.3 Å². The number of hydrogen-bond donors (Lipinski definition) is 1. The number of benzene rings is 1. The molecule has 0 saturated heterocycles. The summed E-state index contributed by atoms with van der Waals surface area (Å²) in [7, 11) is 0. The van der Waals surface area contributed by atoms with Crippen molar-refractivity contribution in [3.05, 3.63) is 35.4 Å². The molecule has 0 aromatic heterocycles. The number of carbonyl (C=O) groups is 3. The van der Waals surface area contributed by atoms with Gasteiger partial charge < -0.3 is 9.84 Å². The Labute approximate surface area is 148 Å². The highest BCUT2D eigenvalue weighted by atomic mass is 16.5. The van der Waals surface area contributed by atoms with Gasteiger partial charge >= 0.3 is 5.97 Å². The van der Waals surface area contributed by atoms with Crippen LogP contribution >= 0.6 is 0 Å². The lowest BCUT2D eigenvalue weighted by molar-refractivity contribution is -0.160. The maximum absolute atomic E-state index is 12.7. The molecule has 1 aromatic carbocycles. The molecule has 25 heavy (non-hydrogen) atoms. The van der Waals surface area contributed by atoms with Gasteiger partial charge in [0, 0.05) is 18.4 Å². The van der Waals surface area contributed by atoms with Gasteiger partial charge in [-0.25, -0.2) is 0 Å². The summed E-state index contributed by atoms with van der Waals surface area (Å²) in [5.74, 6) is -1.21. The first-order valence-corrected chi connectivity index (χ1v) is 8.87. The number of Topliss-reactive ketones (excluding diaryl/α,β-unsaturated/α-hetero) is 2. The second kappa shape index (κ2) is 8.90. The molecule has 5 heteroatoms. The summed E-state index contributed by atoms with van der Waals surface area (Å²) in [5.41, 5.74) is 1.68. The van der Waals surface area contributed by atoms with E-state index in [0.717, 1.165) is 31.2 Å². The van der Waals surface area contributed by atoms with Gasteiger partial charge in [0.25, 0.3) is 0 Å². The third-order valence-electron chi connectivity index (χ3n) is 4.56. The van der Waals surface area contributed by atoms with E-state index < -0.39 is 18.2 Å². The van der Waals surface area contributed by atoms with Crippen molar-refractivity contribution in [3.8, 4) is 0 Å². The summed E-state index contributed by atoms with van der Waals surface area (Å²) < 4.78 is 5.55. The van der Waals surface area contributed by atoms with Gasteiger partial charge in [0.1, 0.15) is 5.78 Å². The number of ketones is 2. The normalized spacial score (nSPS) is 22.4. The zero-order valence-corrected chi connectivity index (χ0v) is 14.9. The molecule has 1 aliphatic rings. The van der Waals surface area contributed by atoms with Crippen molar-refractivity contribution >= 4 is 17.5 Å². The van der Waals surface area contributed by atoms with E-state index in [-0.39, 0.29) is 30.3 Å². The Hall–Kier alpha value is -2.01. The maximum atomic E-state index is 12.7. The first-order valence-electron chi connectivity index (χ1n) is 8.87. The van der Waals surface area contributed by atoms with Crippen LogP contribution in [0.1, 0.15) is 63.2 Å². The molecule has 0 spiro atoms. The molecular weight excluding hydrogens is 320 g/mol. The molecule has 0 saturated carbocycles. The van der Waals surface area contributed by atoms with Gasteiger partial charge in [0.15, 0.2) is 11.9 Å². The molecule has 0 radical (unpaired) electrons. The van der Waals surface area contributed by atoms with Crippen LogP contribution in [0.5, 0.6) is 0 Å². The van der Waals surface area contributed by atoms with E-state index in [4.69, 9.17) is 4.74 Å². The largest absolute Gasteiger partial charge is 0.449 e. The predicted molar refractivity (Wildman–Crippen MR) is 92.9 cm³/mol. The summed E-state index contributed by atoms with van der Waals surface area (Å²) in [5, 5.41) is 9.93. The molecule has 0 aliphatic carbocycles. The molecule has 3 atom stereocenters. The van der Waals surface area contributed by atoms with E-state index in [9.17, 15) is 19.5 Å². The monoisotopic (exact) mass is 346 g/mol. The highest BCUT2D eigenvalue weighted by Gasteiger charge is 2.30. The molecule has 0 unspecified atom stereocenters. The summed E-state index contributed by atoms with van der Waals surface area (Å²) in [6, 6.07) is 7.46. The van der Waals surface area contributed by atoms with Gasteiger partial charge in [0.2, 0.25) is 0 Å². The number of ether oxygens (including phenoxy) is 1. The van der Waals surface area contributed by atoms with E-state index in [0.29, 0.717) is 5.56 Å². The van der Waals surface area contributed by atoms with Crippen molar-refractivity contribution in [1.29, 1.82) is 0 Å². The molecule has 0 fully saturated rings. The summed E-state index contributed by atoms with van der Waals surface area (Å²) >= 11 is 0. The van der Waals surface area contributed by atoms with Crippen molar-refractivity contribution in [2.75, 3.05) is 0 Å². The van der Waals surface area contributed by atoms with E-state index in [1.54, 1.807) is 6.07 Å². The maximum Gasteiger partial charge on any atom is 0.309 e. The third-order valence-corrected chi connectivity index (χ3v) is 4.56. The first kappa shape index (κ1) is 19.3. The Morgan fingerprint density at radius 3 is 2.68 bits per heavy atom. The lowest BCUT2D eigenvalue weighted by Gasteiger charge is -2.24. The lowest BCUT2D eigenvalue weighted by Crippen LogP contribution is -2.28. The minimum absolute atomic E-state index is 0.0789. The molecule has 2 rings (SSSR count). The van der Waals surface area contributed by atoms with E-state index in [1.807, 2.05) is 25.1 Å². The number of cyclic esters (lactones) is 1. The molecular formula is C20H26O5. The van der Waals surface area contributed by atoms with Gasteiger partial charge in [-0.2, -0.15) is 0 Å². The zero-order valence-electron chi connectivity index (χ0n) is 14.9. The minimum atomic E-state index is -1.05. The molecule has 1 aliphatic heterocycles. The molecule has 1 heterocycles. The van der Waals surface area contributed by atoms with Crippen molar-refractivity contribution < 1.29 is 24.2 Å². The number of esters is 1. The Morgan fingerprint density at radius 1 is 1.24 bits per heavy atom. The molecule has 136 valence electrons. The van der Waals surface area contributed by atoms with Crippen LogP contribution in [0, 0.1) is 5.92 Å². The van der Waals surface area contributed by atoms with Crippen molar-refractivity contribution in [2.24, 2.45) is 5.92 Å². The summed E-state index contributed by atoms with van der Waals surface area (Å²) in [6.07, 6.45) is 1.07. The fraction of sp³-hybridized carbons (Fsp3) is 0.550. The number of rotatable bonds is 5. The average Bonchev–Trinajstić information content (AvgIpc) is 2.55. The number of hydrogen-bond acceptors (Lipinski definition) is 5. The van der Waals surface area contributed by atoms with E-state index in [1.165, 1.54) is 6.92 Å². The minimum Gasteiger partial charge on any atom is -0.449 e. The molecule has 0 bridgehead atoms. The SMILES string of the molecule is CC(=O)C[C@H](O)CC(=O)[C@@H]1OC(=O)[C@@H](C)CCCCc2ccccc21. The van der Waals surface area contributed by atoms with Crippen LogP contribution in [0.3, 0.4) is 0 Å². The highest BCUT2D eigenvalue weighted by molar-refractivity contribution is 5.88. The number of aliphatic hydroxyl groups excluding tert-OH is 1. The quantitative estimate of drug-likeness (QED) is 0.829. The molecule has 1 aromatic rings. The van der Waals surface area contributed by atoms with Crippen molar-refractivity contribution in [1.82, 2.24) is 0 Å². The van der Waals surface area contributed by atoms with Gasteiger partial charge in [0.05, 0.1) is 12.0 Å². The number of aliphatic hydroxyl groups is 1. The van der Waals surface area contributed by atoms with Crippen LogP contribution in [-0.4, -0.2) is 28.7 Å². The lowest BCUT2D eigenvalue weighted by atomic mass is 9.91. The van der Waals surface area contributed by atoms with Crippen LogP contribution in [0.2, 0.25) is 0 Å². The topological polar surface area (TPSA) is 80.7 Å². The fourth-order valence-electron chi connectivity index (χ4n) is 3.18. The highest BCUT2D eigenvalue weighted by Crippen LogP contribution is 2.29. The van der Waals surface area contributed by atoms with Crippen molar-refractivity contribution in [2.45, 2.75) is 64.6 Å². The molecule has 0 amide bonds. The number of carbonyl (C=O) groups excluding carboxylic acids is 3. The zero-order chi connectivity index (χ0) is 18.4. The van der Waals surface area contributed by atoms with E-state index >= 15 is 0 Å². The van der Waals surface area contributed by atoms with Gasteiger partial charge in [-0.15, -0.1) is 0 Å². The Kier molecular flexibility index (Phi) is 6.88. The summed E-state index contributed by atoms with van der Waals surface area (Å²) in [6.45, 7) is 3.18. The van der Waals surface area contributed by atoms with Crippen molar-refractivity contribution in [3.63, 3.8) is 0 Å². The van der Waals surface area contributed by atoms with Crippen LogP contribution in [-0.2, 0) is 25.5 Å². The number of fused-ring (bicyclic) bond motifs is 1. The Balaban J connectivity index is 2.28. The van der Waals surface area contributed by atoms with Crippen LogP contribution in [0.4, 0.5) is 0 Å². The van der Waals surface area contributed by atoms with Gasteiger partial charge in [-0.1, -0.05) is 37.6 Å². The van der Waals surface area contributed by atoms with Gasteiger partial charge in [-0.3, -0.25) is 14.4 Å². The average molecular weight is 346 g/mol. The number of aryl methyl sites for hydroxylation is 1. The smallest absolute Gasteiger partial charge is 0.309 e. The summed E-state index contributed by atoms with van der Waals surface area (Å²) in [4.78, 5) is 36.2. The fourth-order valence-corrected chi connectivity index (χ4v) is 3.18. The Morgan fingerprint density at radius 2 is 1.96 bits per heavy atom. The third kappa shape index (κ3) is 5.49. The first-order chi connectivity index (χ1) is 11.9. The Bertz CT molecular complexity index is 637. The van der Waals surface area contributed by atoms with Gasteiger partial charge in [-0.05, 0) is 31.7 Å². The predicted octanol–water partition coefficient (Wildman–Crippen LogP) is 2.93. The second-order valence-corrected chi connectivity index (χ2v) is 6.89. The molecule has 5 nitrogen and oxygen atoms in total.